The zero-order valence-corrected chi connectivity index (χ0v) is 11.4. The number of benzene rings is 1. The van der Waals surface area contributed by atoms with Crippen LogP contribution in [0.15, 0.2) is 18.2 Å². The van der Waals surface area contributed by atoms with Crippen molar-refractivity contribution in [2.45, 2.75) is 12.5 Å². The van der Waals surface area contributed by atoms with Crippen molar-refractivity contribution in [2.24, 2.45) is 0 Å². The molecular formula is C14H16FN3O3. The van der Waals surface area contributed by atoms with Crippen molar-refractivity contribution in [1.82, 2.24) is 15.3 Å². The second kappa shape index (κ2) is 6.19. The van der Waals surface area contributed by atoms with Crippen LogP contribution in [0.2, 0.25) is 0 Å². The summed E-state index contributed by atoms with van der Waals surface area (Å²) in [4.78, 5) is 19.2. The fraction of sp³-hybridized carbons (Fsp3) is 0.429. The molecule has 3 rings (SSSR count). The molecule has 0 aliphatic carbocycles. The number of nitrogens with one attached hydrogen (secondary N) is 2. The van der Waals surface area contributed by atoms with Crippen LogP contribution in [0.1, 0.15) is 5.82 Å². The van der Waals surface area contributed by atoms with Gasteiger partial charge in [-0.3, -0.25) is 4.79 Å². The number of hydrogen-bond donors (Lipinski definition) is 2. The summed E-state index contributed by atoms with van der Waals surface area (Å²) < 4.78 is 23.6. The Morgan fingerprint density at radius 3 is 3.19 bits per heavy atom. The number of rotatable bonds is 4. The summed E-state index contributed by atoms with van der Waals surface area (Å²) in [6.07, 6.45) is -0.00109. The van der Waals surface area contributed by atoms with Crippen molar-refractivity contribution in [1.29, 1.82) is 0 Å². The number of carbonyl (C=O) groups excluding carboxylic acids is 1. The van der Waals surface area contributed by atoms with Crippen LogP contribution in [0.25, 0.3) is 11.0 Å². The standard InChI is InChI=1S/C14H16FN3O3/c15-9-1-2-10-11(7-9)18-13(17-10)3-4-16-14(19)12-8-20-5-6-21-12/h1-2,7,12H,3-6,8H2,(H,16,19)(H,17,18). The molecule has 2 aromatic rings. The lowest BCUT2D eigenvalue weighted by molar-refractivity contribution is -0.147. The van der Waals surface area contributed by atoms with Gasteiger partial charge in [-0.1, -0.05) is 0 Å². The molecule has 2 N–H and O–H groups in total. The lowest BCUT2D eigenvalue weighted by atomic mass is 10.3. The maximum atomic E-state index is 13.1. The molecule has 0 saturated carbocycles. The Kier molecular flexibility index (Phi) is 4.12. The monoisotopic (exact) mass is 293 g/mol. The van der Waals surface area contributed by atoms with Crippen molar-refractivity contribution in [3.63, 3.8) is 0 Å². The molecule has 112 valence electrons. The predicted octanol–water partition coefficient (Wildman–Crippen LogP) is 0.776. The van der Waals surface area contributed by atoms with Crippen LogP contribution in [-0.4, -0.2) is 48.3 Å². The van der Waals surface area contributed by atoms with E-state index in [1.165, 1.54) is 12.1 Å². The van der Waals surface area contributed by atoms with Crippen LogP contribution < -0.4 is 5.32 Å². The highest BCUT2D eigenvalue weighted by molar-refractivity contribution is 5.81. The van der Waals surface area contributed by atoms with Gasteiger partial charge in [-0.15, -0.1) is 0 Å². The van der Waals surface area contributed by atoms with E-state index in [1.54, 1.807) is 6.07 Å². The average molecular weight is 293 g/mol. The maximum Gasteiger partial charge on any atom is 0.251 e. The Balaban J connectivity index is 1.53. The molecule has 0 bridgehead atoms. The smallest absolute Gasteiger partial charge is 0.251 e. The van der Waals surface area contributed by atoms with Gasteiger partial charge in [0.1, 0.15) is 11.6 Å². The molecule has 6 nitrogen and oxygen atoms in total. The number of carbonyl (C=O) groups is 1. The minimum atomic E-state index is -0.538. The molecule has 1 fully saturated rings. The lowest BCUT2D eigenvalue weighted by Crippen LogP contribution is -2.43. The second-order valence-corrected chi connectivity index (χ2v) is 4.82. The van der Waals surface area contributed by atoms with E-state index in [-0.39, 0.29) is 18.3 Å². The Labute approximate surface area is 120 Å². The van der Waals surface area contributed by atoms with E-state index in [0.29, 0.717) is 43.0 Å². The highest BCUT2D eigenvalue weighted by Crippen LogP contribution is 2.13. The van der Waals surface area contributed by atoms with Gasteiger partial charge < -0.3 is 19.8 Å². The number of imidazole rings is 1. The first-order valence-corrected chi connectivity index (χ1v) is 6.83. The molecule has 2 heterocycles. The van der Waals surface area contributed by atoms with Gasteiger partial charge in [0.15, 0.2) is 6.10 Å². The number of amides is 1. The molecule has 0 radical (unpaired) electrons. The molecule has 1 saturated heterocycles. The zero-order chi connectivity index (χ0) is 14.7. The highest BCUT2D eigenvalue weighted by Gasteiger charge is 2.22. The number of nitrogens with zero attached hydrogens (tertiary/aromatic N) is 1. The first-order chi connectivity index (χ1) is 10.2. The van der Waals surface area contributed by atoms with Crippen molar-refractivity contribution < 1.29 is 18.7 Å². The molecule has 1 aliphatic rings. The Hall–Kier alpha value is -1.99. The van der Waals surface area contributed by atoms with Crippen LogP contribution in [0, 0.1) is 5.82 Å². The summed E-state index contributed by atoms with van der Waals surface area (Å²) in [7, 11) is 0. The largest absolute Gasteiger partial charge is 0.376 e. The Morgan fingerprint density at radius 1 is 1.48 bits per heavy atom. The van der Waals surface area contributed by atoms with Crippen LogP contribution >= 0.6 is 0 Å². The maximum absolute atomic E-state index is 13.1. The Morgan fingerprint density at radius 2 is 2.38 bits per heavy atom. The third kappa shape index (κ3) is 3.37. The van der Waals surface area contributed by atoms with Crippen LogP contribution in [0.3, 0.4) is 0 Å². The zero-order valence-electron chi connectivity index (χ0n) is 11.4. The number of hydrogen-bond acceptors (Lipinski definition) is 4. The quantitative estimate of drug-likeness (QED) is 0.873. The first-order valence-electron chi connectivity index (χ1n) is 6.83. The van der Waals surface area contributed by atoms with Gasteiger partial charge in [0.05, 0.1) is 30.9 Å². The SMILES string of the molecule is O=C(NCCc1nc2ccc(F)cc2[nH]1)C1COCCO1. The third-order valence-corrected chi connectivity index (χ3v) is 3.26. The number of aromatic nitrogens is 2. The van der Waals surface area contributed by atoms with E-state index in [9.17, 15) is 9.18 Å². The Bertz CT molecular complexity index is 637. The van der Waals surface area contributed by atoms with Crippen molar-refractivity contribution in [3.8, 4) is 0 Å². The van der Waals surface area contributed by atoms with Gasteiger partial charge >= 0.3 is 0 Å². The van der Waals surface area contributed by atoms with Gasteiger partial charge in [-0.05, 0) is 18.2 Å². The summed E-state index contributed by atoms with van der Waals surface area (Å²) in [5, 5.41) is 2.78. The number of fused-ring (bicyclic) bond motifs is 1. The minimum absolute atomic E-state index is 0.183. The second-order valence-electron chi connectivity index (χ2n) is 4.82. The van der Waals surface area contributed by atoms with Gasteiger partial charge in [0, 0.05) is 13.0 Å². The molecule has 1 aromatic carbocycles. The molecule has 21 heavy (non-hydrogen) atoms. The number of H-pyrrole nitrogens is 1. The summed E-state index contributed by atoms with van der Waals surface area (Å²) in [6.45, 7) is 1.68. The molecule has 1 amide bonds. The number of halogens is 1. The normalized spacial score (nSPS) is 18.8. The fourth-order valence-electron chi connectivity index (χ4n) is 2.21. The van der Waals surface area contributed by atoms with Gasteiger partial charge in [-0.25, -0.2) is 9.37 Å². The average Bonchev–Trinajstić information content (AvgIpc) is 2.89. The van der Waals surface area contributed by atoms with Crippen LogP contribution in [-0.2, 0) is 20.7 Å². The molecule has 1 atom stereocenters. The minimum Gasteiger partial charge on any atom is -0.376 e. The predicted molar refractivity (Wildman–Crippen MR) is 73.3 cm³/mol. The number of ether oxygens (including phenoxy) is 2. The molecule has 1 unspecified atom stereocenters. The van der Waals surface area contributed by atoms with E-state index in [4.69, 9.17) is 9.47 Å². The van der Waals surface area contributed by atoms with Crippen LogP contribution in [0.4, 0.5) is 4.39 Å². The number of aromatic amines is 1. The fourth-order valence-corrected chi connectivity index (χ4v) is 2.21. The topological polar surface area (TPSA) is 76.2 Å². The molecular weight excluding hydrogens is 277 g/mol. The van der Waals surface area contributed by atoms with E-state index in [0.717, 1.165) is 0 Å². The molecule has 7 heteroatoms. The van der Waals surface area contributed by atoms with Crippen molar-refractivity contribution >= 4 is 16.9 Å². The van der Waals surface area contributed by atoms with E-state index < -0.39 is 6.10 Å². The lowest BCUT2D eigenvalue weighted by Gasteiger charge is -2.21. The van der Waals surface area contributed by atoms with E-state index in [1.807, 2.05) is 0 Å². The highest BCUT2D eigenvalue weighted by atomic mass is 19.1. The summed E-state index contributed by atoms with van der Waals surface area (Å²) in [5.74, 6) is 0.217. The first kappa shape index (κ1) is 14.0. The molecule has 0 spiro atoms. The summed E-state index contributed by atoms with van der Waals surface area (Å²) in [5.41, 5.74) is 1.36. The van der Waals surface area contributed by atoms with Crippen molar-refractivity contribution in [3.05, 3.63) is 29.8 Å². The summed E-state index contributed by atoms with van der Waals surface area (Å²) >= 11 is 0. The summed E-state index contributed by atoms with van der Waals surface area (Å²) in [6, 6.07) is 4.39. The van der Waals surface area contributed by atoms with Gasteiger partial charge in [0.2, 0.25) is 0 Å². The van der Waals surface area contributed by atoms with Crippen molar-refractivity contribution in [2.75, 3.05) is 26.4 Å². The van der Waals surface area contributed by atoms with Gasteiger partial charge in [-0.2, -0.15) is 0 Å². The third-order valence-electron chi connectivity index (χ3n) is 3.26. The molecule has 1 aliphatic heterocycles. The van der Waals surface area contributed by atoms with E-state index >= 15 is 0 Å². The van der Waals surface area contributed by atoms with Crippen LogP contribution in [0.5, 0.6) is 0 Å². The van der Waals surface area contributed by atoms with Gasteiger partial charge in [0.25, 0.3) is 5.91 Å². The molecule has 1 aromatic heterocycles. The van der Waals surface area contributed by atoms with E-state index in [2.05, 4.69) is 15.3 Å².